The van der Waals surface area contributed by atoms with Crippen LogP contribution in [0.1, 0.15) is 18.4 Å². The van der Waals surface area contributed by atoms with E-state index >= 15 is 0 Å². The van der Waals surface area contributed by atoms with Crippen LogP contribution in [0, 0.1) is 5.92 Å². The first-order valence-electron chi connectivity index (χ1n) is 8.84. The third-order valence-corrected chi connectivity index (χ3v) is 6.91. The summed E-state index contributed by atoms with van der Waals surface area (Å²) in [7, 11) is -3.51. The fourth-order valence-corrected chi connectivity index (χ4v) is 4.52. The molecule has 8 heteroatoms. The van der Waals surface area contributed by atoms with Crippen LogP contribution in [-0.2, 0) is 14.8 Å². The van der Waals surface area contributed by atoms with Gasteiger partial charge in [0.25, 0.3) is 0 Å². The Morgan fingerprint density at radius 1 is 1.04 bits per heavy atom. The lowest BCUT2D eigenvalue weighted by atomic mass is 9.97. The molecular weight excluding hydrogens is 419 g/mol. The third kappa shape index (κ3) is 5.35. The number of sulfonamides is 1. The van der Waals surface area contributed by atoms with Gasteiger partial charge in [0, 0.05) is 30.1 Å². The average Bonchev–Trinajstić information content (AvgIpc) is 2.70. The molecular formula is C20H20Cl2N2O3S. The predicted molar refractivity (Wildman–Crippen MR) is 114 cm³/mol. The lowest BCUT2D eigenvalue weighted by molar-refractivity contribution is -0.120. The Balaban J connectivity index is 1.56. The fourth-order valence-electron chi connectivity index (χ4n) is 3.01. The zero-order chi connectivity index (χ0) is 20.1. The van der Waals surface area contributed by atoms with Gasteiger partial charge in [0.05, 0.1) is 10.0 Å². The van der Waals surface area contributed by atoms with Gasteiger partial charge in [0.2, 0.25) is 15.9 Å². The van der Waals surface area contributed by atoms with E-state index in [9.17, 15) is 13.2 Å². The van der Waals surface area contributed by atoms with Crippen LogP contribution in [0.15, 0.2) is 53.9 Å². The number of nitrogens with zero attached hydrogens (tertiary/aromatic N) is 1. The Morgan fingerprint density at radius 2 is 1.71 bits per heavy atom. The van der Waals surface area contributed by atoms with Crippen molar-refractivity contribution in [2.75, 3.05) is 18.4 Å². The first kappa shape index (κ1) is 20.9. The second kappa shape index (κ2) is 9.09. The lowest BCUT2D eigenvalue weighted by Gasteiger charge is -2.29. The molecule has 2 aromatic carbocycles. The molecule has 1 fully saturated rings. The van der Waals surface area contributed by atoms with Gasteiger partial charge in [-0.3, -0.25) is 4.79 Å². The molecule has 0 aliphatic carbocycles. The summed E-state index contributed by atoms with van der Waals surface area (Å²) in [6.07, 6.45) is 2.51. The van der Waals surface area contributed by atoms with E-state index in [1.54, 1.807) is 24.3 Å². The Hall–Kier alpha value is -1.86. The zero-order valence-corrected chi connectivity index (χ0v) is 17.3. The highest BCUT2D eigenvalue weighted by Gasteiger charge is 2.30. The van der Waals surface area contributed by atoms with E-state index in [-0.39, 0.29) is 11.8 Å². The first-order chi connectivity index (χ1) is 13.3. The lowest BCUT2D eigenvalue weighted by Crippen LogP contribution is -2.40. The molecule has 1 heterocycles. The Labute approximate surface area is 175 Å². The minimum absolute atomic E-state index is 0.143. The number of halogens is 2. The summed E-state index contributed by atoms with van der Waals surface area (Å²) < 4.78 is 26.4. The number of nitrogens with one attached hydrogen (secondary N) is 1. The fraction of sp³-hybridized carbons (Fsp3) is 0.250. The molecule has 0 spiro atoms. The van der Waals surface area contributed by atoms with Crippen molar-refractivity contribution in [2.45, 2.75) is 12.8 Å². The second-order valence-corrected chi connectivity index (χ2v) is 9.18. The van der Waals surface area contributed by atoms with Crippen LogP contribution >= 0.6 is 23.2 Å². The van der Waals surface area contributed by atoms with E-state index in [0.29, 0.717) is 41.7 Å². The Morgan fingerprint density at radius 3 is 2.36 bits per heavy atom. The quantitative estimate of drug-likeness (QED) is 0.738. The molecule has 1 N–H and O–H groups in total. The average molecular weight is 439 g/mol. The van der Waals surface area contributed by atoms with E-state index in [0.717, 1.165) is 5.56 Å². The van der Waals surface area contributed by atoms with Crippen LogP contribution in [0.5, 0.6) is 0 Å². The molecule has 0 unspecified atom stereocenters. The van der Waals surface area contributed by atoms with Crippen LogP contribution in [0.25, 0.3) is 6.08 Å². The van der Waals surface area contributed by atoms with Crippen LogP contribution in [-0.4, -0.2) is 31.7 Å². The van der Waals surface area contributed by atoms with Crippen molar-refractivity contribution >= 4 is 50.9 Å². The number of amides is 1. The summed E-state index contributed by atoms with van der Waals surface area (Å²) in [6.45, 7) is 0.613. The number of rotatable bonds is 5. The molecule has 0 bridgehead atoms. The largest absolute Gasteiger partial charge is 0.326 e. The molecule has 0 atom stereocenters. The molecule has 0 aromatic heterocycles. The van der Waals surface area contributed by atoms with E-state index < -0.39 is 10.0 Å². The summed E-state index contributed by atoms with van der Waals surface area (Å²) in [4.78, 5) is 12.5. The maximum absolute atomic E-state index is 12.5. The maximum Gasteiger partial charge on any atom is 0.236 e. The topological polar surface area (TPSA) is 66.5 Å². The molecule has 1 saturated heterocycles. The van der Waals surface area contributed by atoms with Crippen molar-refractivity contribution in [3.63, 3.8) is 0 Å². The van der Waals surface area contributed by atoms with E-state index in [4.69, 9.17) is 23.2 Å². The van der Waals surface area contributed by atoms with Gasteiger partial charge in [0.1, 0.15) is 0 Å². The van der Waals surface area contributed by atoms with E-state index in [2.05, 4.69) is 5.32 Å². The highest BCUT2D eigenvalue weighted by atomic mass is 35.5. The predicted octanol–water partition coefficient (Wildman–Crippen LogP) is 4.64. The molecule has 1 aliphatic rings. The first-order valence-corrected chi connectivity index (χ1v) is 11.1. The van der Waals surface area contributed by atoms with Gasteiger partial charge in [-0.2, -0.15) is 4.31 Å². The molecule has 1 aliphatic heterocycles. The summed E-state index contributed by atoms with van der Waals surface area (Å²) >= 11 is 11.8. The molecule has 0 saturated carbocycles. The van der Waals surface area contributed by atoms with Crippen LogP contribution in [0.4, 0.5) is 5.69 Å². The van der Waals surface area contributed by atoms with Crippen LogP contribution in [0.2, 0.25) is 10.0 Å². The maximum atomic E-state index is 12.5. The Kier molecular flexibility index (Phi) is 6.78. The van der Waals surface area contributed by atoms with E-state index in [1.807, 2.05) is 30.3 Å². The van der Waals surface area contributed by atoms with Gasteiger partial charge >= 0.3 is 0 Å². The highest BCUT2D eigenvalue weighted by molar-refractivity contribution is 7.92. The van der Waals surface area contributed by atoms with E-state index in [1.165, 1.54) is 9.71 Å². The monoisotopic (exact) mass is 438 g/mol. The van der Waals surface area contributed by atoms with Crippen molar-refractivity contribution in [3.05, 3.63) is 69.5 Å². The van der Waals surface area contributed by atoms with Gasteiger partial charge in [-0.15, -0.1) is 0 Å². The number of piperidine rings is 1. The number of hydrogen-bond acceptors (Lipinski definition) is 3. The number of anilines is 1. The molecule has 28 heavy (non-hydrogen) atoms. The molecule has 3 rings (SSSR count). The highest BCUT2D eigenvalue weighted by Crippen LogP contribution is 2.27. The number of carbonyl (C=O) groups excluding carboxylic acids is 1. The zero-order valence-electron chi connectivity index (χ0n) is 15.0. The summed E-state index contributed by atoms with van der Waals surface area (Å²) in [6, 6.07) is 14.1. The van der Waals surface area contributed by atoms with Gasteiger partial charge in [-0.1, -0.05) is 53.5 Å². The van der Waals surface area contributed by atoms with Crippen molar-refractivity contribution in [2.24, 2.45) is 5.92 Å². The third-order valence-electron chi connectivity index (χ3n) is 4.60. The number of benzene rings is 2. The molecule has 5 nitrogen and oxygen atoms in total. The smallest absolute Gasteiger partial charge is 0.236 e. The van der Waals surface area contributed by atoms with Gasteiger partial charge in [-0.25, -0.2) is 8.42 Å². The van der Waals surface area contributed by atoms with Crippen molar-refractivity contribution in [1.82, 2.24) is 4.31 Å². The number of hydrogen-bond donors (Lipinski definition) is 1. The van der Waals surface area contributed by atoms with Crippen LogP contribution < -0.4 is 5.32 Å². The normalized spacial score (nSPS) is 16.4. The minimum atomic E-state index is -3.51. The molecule has 1 amide bonds. The van der Waals surface area contributed by atoms with Crippen LogP contribution in [0.3, 0.4) is 0 Å². The Bertz CT molecular complexity index is 970. The molecule has 0 radical (unpaired) electrons. The summed E-state index contributed by atoms with van der Waals surface area (Å²) in [5.74, 6) is -0.394. The second-order valence-electron chi connectivity index (χ2n) is 6.55. The van der Waals surface area contributed by atoms with Gasteiger partial charge in [0.15, 0.2) is 0 Å². The SMILES string of the molecule is O=C(Nc1ccc(Cl)c(Cl)c1)C1CCN(S(=O)(=O)/C=C/c2ccccc2)CC1. The molecule has 2 aromatic rings. The number of carbonyl (C=O) groups is 1. The van der Waals surface area contributed by atoms with Crippen molar-refractivity contribution < 1.29 is 13.2 Å². The van der Waals surface area contributed by atoms with Gasteiger partial charge < -0.3 is 5.32 Å². The summed E-state index contributed by atoms with van der Waals surface area (Å²) in [5, 5.41) is 4.82. The van der Waals surface area contributed by atoms with Crippen molar-refractivity contribution in [1.29, 1.82) is 0 Å². The molecule has 148 valence electrons. The van der Waals surface area contributed by atoms with Crippen molar-refractivity contribution in [3.8, 4) is 0 Å². The summed E-state index contributed by atoms with van der Waals surface area (Å²) in [5.41, 5.74) is 1.39. The van der Waals surface area contributed by atoms with Gasteiger partial charge in [-0.05, 0) is 42.7 Å². The minimum Gasteiger partial charge on any atom is -0.326 e. The standard InChI is InChI=1S/C20H20Cl2N2O3S/c21-18-7-6-17(14-19(18)22)23-20(25)16-8-11-24(12-9-16)28(26,27)13-10-15-4-2-1-3-5-15/h1-7,10,13-14,16H,8-9,11-12H2,(H,23,25)/b13-10+.